The molecular formula is C19H26N2OS2. The first-order valence-electron chi connectivity index (χ1n) is 8.92. The maximum absolute atomic E-state index is 12.4. The smallest absolute Gasteiger partial charge is 0.230 e. The maximum Gasteiger partial charge on any atom is 0.230 e. The summed E-state index contributed by atoms with van der Waals surface area (Å²) in [4.78, 5) is 14.6. The molecule has 24 heavy (non-hydrogen) atoms. The van der Waals surface area contributed by atoms with Gasteiger partial charge >= 0.3 is 0 Å². The van der Waals surface area contributed by atoms with Crippen LogP contribution in [0.5, 0.6) is 0 Å². The number of hydrogen-bond donors (Lipinski definition) is 1. The Morgan fingerprint density at radius 3 is 2.83 bits per heavy atom. The number of benzene rings is 1. The summed E-state index contributed by atoms with van der Waals surface area (Å²) in [5, 5.41) is 3.20. The van der Waals surface area contributed by atoms with Crippen LogP contribution in [0.4, 0.5) is 0 Å². The molecule has 0 aromatic heterocycles. The summed E-state index contributed by atoms with van der Waals surface area (Å²) in [5.74, 6) is 1.31. The highest BCUT2D eigenvalue weighted by Gasteiger charge is 2.22. The predicted octanol–water partition coefficient (Wildman–Crippen LogP) is 3.93. The van der Waals surface area contributed by atoms with Gasteiger partial charge in [-0.3, -0.25) is 4.79 Å². The molecule has 1 heterocycles. The molecule has 0 spiro atoms. The maximum atomic E-state index is 12.4. The van der Waals surface area contributed by atoms with Crippen molar-refractivity contribution >= 4 is 34.2 Å². The van der Waals surface area contributed by atoms with E-state index in [-0.39, 0.29) is 11.9 Å². The number of carbonyl (C=O) groups excluding carboxylic acids is 1. The third-order valence-electron chi connectivity index (χ3n) is 5.07. The average Bonchev–Trinajstić information content (AvgIpc) is 2.61. The highest BCUT2D eigenvalue weighted by molar-refractivity contribution is 8.23. The number of carbonyl (C=O) groups is 1. The molecule has 1 aromatic rings. The van der Waals surface area contributed by atoms with Gasteiger partial charge in [-0.05, 0) is 49.1 Å². The standard InChI is InChI=1S/C19H26N2OS2/c1-14-9-11-21(12-10-14)19(23)24-13-18(22)20-17-8-4-6-15-5-2-3-7-16(15)17/h2-3,5,7,14,17H,4,6,8-13H2,1H3,(H,20,22)/t17-/m1/s1. The summed E-state index contributed by atoms with van der Waals surface area (Å²) in [7, 11) is 0. The zero-order valence-electron chi connectivity index (χ0n) is 14.3. The molecule has 130 valence electrons. The molecule has 1 aliphatic carbocycles. The number of rotatable bonds is 3. The molecule has 5 heteroatoms. The SMILES string of the molecule is CC1CCN(C(=S)SCC(=O)N[C@@H]2CCCc3ccccc32)CC1. The van der Waals surface area contributed by atoms with Gasteiger partial charge in [0.05, 0.1) is 11.8 Å². The van der Waals surface area contributed by atoms with Crippen LogP contribution in [0, 0.1) is 5.92 Å². The van der Waals surface area contributed by atoms with Crippen LogP contribution < -0.4 is 5.32 Å². The van der Waals surface area contributed by atoms with Gasteiger partial charge < -0.3 is 10.2 Å². The van der Waals surface area contributed by atoms with Gasteiger partial charge in [0.1, 0.15) is 4.32 Å². The molecule has 1 aliphatic heterocycles. The van der Waals surface area contributed by atoms with E-state index in [0.29, 0.717) is 5.75 Å². The fraction of sp³-hybridized carbons (Fsp3) is 0.579. The lowest BCUT2D eigenvalue weighted by Gasteiger charge is -2.32. The fourth-order valence-electron chi connectivity index (χ4n) is 3.55. The van der Waals surface area contributed by atoms with Crippen LogP contribution in [0.2, 0.25) is 0 Å². The summed E-state index contributed by atoms with van der Waals surface area (Å²) in [5.41, 5.74) is 2.66. The van der Waals surface area contributed by atoms with Crippen LogP contribution in [-0.4, -0.2) is 34.0 Å². The van der Waals surface area contributed by atoms with Crippen molar-refractivity contribution in [3.8, 4) is 0 Å². The van der Waals surface area contributed by atoms with Crippen molar-refractivity contribution in [3.05, 3.63) is 35.4 Å². The monoisotopic (exact) mass is 362 g/mol. The van der Waals surface area contributed by atoms with Crippen LogP contribution in [0.1, 0.15) is 49.8 Å². The Bertz CT molecular complexity index is 597. The fourth-order valence-corrected chi connectivity index (χ4v) is 4.61. The number of hydrogen-bond acceptors (Lipinski definition) is 3. The Morgan fingerprint density at radius 1 is 1.29 bits per heavy atom. The molecule has 1 atom stereocenters. The van der Waals surface area contributed by atoms with E-state index in [1.165, 1.54) is 35.7 Å². The van der Waals surface area contributed by atoms with Crippen molar-refractivity contribution in [2.24, 2.45) is 5.92 Å². The molecule has 1 N–H and O–H groups in total. The van der Waals surface area contributed by atoms with E-state index in [1.807, 2.05) is 0 Å². The largest absolute Gasteiger partial charge is 0.357 e. The van der Waals surface area contributed by atoms with E-state index in [0.717, 1.165) is 42.6 Å². The second-order valence-electron chi connectivity index (χ2n) is 6.94. The van der Waals surface area contributed by atoms with Crippen LogP contribution in [0.25, 0.3) is 0 Å². The Kier molecular flexibility index (Phi) is 6.17. The minimum atomic E-state index is 0.0921. The lowest BCUT2D eigenvalue weighted by Crippen LogP contribution is -2.37. The first kappa shape index (κ1) is 17.7. The molecule has 0 radical (unpaired) electrons. The molecule has 0 saturated carbocycles. The Hall–Kier alpha value is -1.07. The summed E-state index contributed by atoms with van der Waals surface area (Å²) >= 11 is 7.01. The van der Waals surface area contributed by atoms with Crippen molar-refractivity contribution in [2.45, 2.75) is 45.1 Å². The number of amides is 1. The summed E-state index contributed by atoms with van der Waals surface area (Å²) in [6.07, 6.45) is 5.69. The second kappa shape index (κ2) is 8.34. The van der Waals surface area contributed by atoms with Gasteiger partial charge in [-0.2, -0.15) is 0 Å². The van der Waals surface area contributed by atoms with Gasteiger partial charge in [0.2, 0.25) is 5.91 Å². The zero-order chi connectivity index (χ0) is 16.9. The topological polar surface area (TPSA) is 32.3 Å². The summed E-state index contributed by atoms with van der Waals surface area (Å²) < 4.78 is 0.876. The number of fused-ring (bicyclic) bond motifs is 1. The second-order valence-corrected chi connectivity index (χ2v) is 8.54. The number of piperidine rings is 1. The van der Waals surface area contributed by atoms with Crippen molar-refractivity contribution in [3.63, 3.8) is 0 Å². The van der Waals surface area contributed by atoms with Crippen LogP contribution in [0.3, 0.4) is 0 Å². The number of thiocarbonyl (C=S) groups is 1. The highest BCUT2D eigenvalue weighted by atomic mass is 32.2. The summed E-state index contributed by atoms with van der Waals surface area (Å²) in [6, 6.07) is 8.62. The molecule has 0 unspecified atom stereocenters. The van der Waals surface area contributed by atoms with Gasteiger partial charge in [0.15, 0.2) is 0 Å². The number of nitrogens with one attached hydrogen (secondary N) is 1. The van der Waals surface area contributed by atoms with E-state index in [9.17, 15) is 4.79 Å². The van der Waals surface area contributed by atoms with Crippen molar-refractivity contribution in [2.75, 3.05) is 18.8 Å². The molecule has 3 rings (SSSR count). The molecule has 2 aliphatic rings. The first-order chi connectivity index (χ1) is 11.6. The minimum absolute atomic E-state index is 0.0921. The molecule has 1 saturated heterocycles. The summed E-state index contributed by atoms with van der Waals surface area (Å²) in [6.45, 7) is 4.36. The quantitative estimate of drug-likeness (QED) is 0.826. The number of likely N-dealkylation sites (tertiary alicyclic amines) is 1. The van der Waals surface area contributed by atoms with E-state index in [4.69, 9.17) is 12.2 Å². The van der Waals surface area contributed by atoms with Crippen molar-refractivity contribution in [1.82, 2.24) is 10.2 Å². The average molecular weight is 363 g/mol. The van der Waals surface area contributed by atoms with Gasteiger partial charge in [0.25, 0.3) is 0 Å². The van der Waals surface area contributed by atoms with E-state index in [2.05, 4.69) is 41.4 Å². The molecule has 0 bridgehead atoms. The third-order valence-corrected chi connectivity index (χ3v) is 6.60. The molecule has 3 nitrogen and oxygen atoms in total. The minimum Gasteiger partial charge on any atom is -0.357 e. The third kappa shape index (κ3) is 4.51. The Morgan fingerprint density at radius 2 is 2.04 bits per heavy atom. The molecule has 1 fully saturated rings. The lowest BCUT2D eigenvalue weighted by molar-refractivity contribution is -0.119. The lowest BCUT2D eigenvalue weighted by atomic mass is 9.88. The Balaban J connectivity index is 1.47. The molecular weight excluding hydrogens is 336 g/mol. The highest BCUT2D eigenvalue weighted by Crippen LogP contribution is 2.29. The van der Waals surface area contributed by atoms with Gasteiger partial charge in [-0.15, -0.1) is 0 Å². The Labute approximate surface area is 154 Å². The van der Waals surface area contributed by atoms with Crippen LogP contribution in [-0.2, 0) is 11.2 Å². The van der Waals surface area contributed by atoms with Gasteiger partial charge in [0, 0.05) is 13.1 Å². The normalized spacial score (nSPS) is 21.2. The van der Waals surface area contributed by atoms with Crippen molar-refractivity contribution < 1.29 is 4.79 Å². The zero-order valence-corrected chi connectivity index (χ0v) is 15.9. The van der Waals surface area contributed by atoms with E-state index in [1.54, 1.807) is 0 Å². The first-order valence-corrected chi connectivity index (χ1v) is 10.3. The van der Waals surface area contributed by atoms with Gasteiger partial charge in [-0.1, -0.05) is 55.2 Å². The van der Waals surface area contributed by atoms with E-state index >= 15 is 0 Å². The molecule has 1 aromatic carbocycles. The van der Waals surface area contributed by atoms with Crippen LogP contribution in [0.15, 0.2) is 24.3 Å². The molecule has 1 amide bonds. The number of nitrogens with zero attached hydrogens (tertiary/aromatic N) is 1. The predicted molar refractivity (Wildman–Crippen MR) is 105 cm³/mol. The van der Waals surface area contributed by atoms with Crippen molar-refractivity contribution in [1.29, 1.82) is 0 Å². The number of thioether (sulfide) groups is 1. The van der Waals surface area contributed by atoms with Crippen LogP contribution >= 0.6 is 24.0 Å². The van der Waals surface area contributed by atoms with E-state index < -0.39 is 0 Å². The number of aryl methyl sites for hydroxylation is 1. The van der Waals surface area contributed by atoms with Gasteiger partial charge in [-0.25, -0.2) is 0 Å².